The Labute approximate surface area is 137 Å². The molecule has 0 aromatic heterocycles. The fraction of sp³-hybridized carbons (Fsp3) is 0.188. The first-order valence-corrected chi connectivity index (χ1v) is 8.09. The van der Waals surface area contributed by atoms with Gasteiger partial charge in [0.1, 0.15) is 11.4 Å². The normalized spacial score (nSPS) is 10.3. The molecule has 7 heteroatoms. The maximum Gasteiger partial charge on any atom is 0.295 e. The molecule has 0 atom stereocenters. The van der Waals surface area contributed by atoms with Gasteiger partial charge >= 0.3 is 0 Å². The molecule has 120 valence electrons. The Bertz CT molecular complexity index is 737. The van der Waals surface area contributed by atoms with E-state index in [-0.39, 0.29) is 23.6 Å². The number of nitrogens with one attached hydrogen (secondary N) is 1. The molecule has 2 rings (SSSR count). The number of hydrogen-bond acceptors (Lipinski definition) is 4. The quantitative estimate of drug-likeness (QED) is 0.499. The summed E-state index contributed by atoms with van der Waals surface area (Å²) in [5.41, 5.74) is 0.585. The number of carbonyl (C=O) groups is 1. The first-order valence-electron chi connectivity index (χ1n) is 6.87. The van der Waals surface area contributed by atoms with Gasteiger partial charge in [0.05, 0.1) is 9.82 Å². The number of carbonyl (C=O) groups excluding carboxylic acids is 1. The number of hydrogen-bond donors (Lipinski definition) is 1. The average molecular weight is 334 g/mol. The Morgan fingerprint density at radius 2 is 2.04 bits per heavy atom. The van der Waals surface area contributed by atoms with Crippen LogP contribution in [0.2, 0.25) is 0 Å². The molecule has 1 amide bonds. The number of nitro groups is 1. The van der Waals surface area contributed by atoms with Crippen LogP contribution in [-0.2, 0) is 6.42 Å². The SMILES string of the molecule is CSc1cccc(C(=O)NCCc2cccc(F)c2)c1[N+](=O)[O-]. The molecule has 1 N–H and O–H groups in total. The van der Waals surface area contributed by atoms with E-state index in [0.29, 0.717) is 11.3 Å². The number of para-hydroxylation sites is 1. The molecule has 0 aliphatic carbocycles. The lowest BCUT2D eigenvalue weighted by atomic mass is 10.1. The van der Waals surface area contributed by atoms with E-state index < -0.39 is 10.8 Å². The van der Waals surface area contributed by atoms with Crippen LogP contribution in [0.5, 0.6) is 0 Å². The topological polar surface area (TPSA) is 72.2 Å². The van der Waals surface area contributed by atoms with Gasteiger partial charge in [-0.1, -0.05) is 18.2 Å². The van der Waals surface area contributed by atoms with Crippen molar-refractivity contribution in [2.24, 2.45) is 0 Å². The standard InChI is InChI=1S/C16H15FN2O3S/c1-23-14-7-3-6-13(15(14)19(21)22)16(20)18-9-8-11-4-2-5-12(17)10-11/h2-7,10H,8-9H2,1H3,(H,18,20). The zero-order valence-electron chi connectivity index (χ0n) is 12.4. The van der Waals surface area contributed by atoms with Crippen LogP contribution in [0, 0.1) is 15.9 Å². The number of nitrogens with zero attached hydrogens (tertiary/aromatic N) is 1. The molecule has 0 aliphatic rings. The van der Waals surface area contributed by atoms with Crippen molar-refractivity contribution >= 4 is 23.4 Å². The lowest BCUT2D eigenvalue weighted by Gasteiger charge is -2.08. The summed E-state index contributed by atoms with van der Waals surface area (Å²) in [5, 5.41) is 13.8. The first-order chi connectivity index (χ1) is 11.0. The van der Waals surface area contributed by atoms with Crippen LogP contribution < -0.4 is 5.32 Å². The molecule has 0 radical (unpaired) electrons. The second-order valence-corrected chi connectivity index (χ2v) is 5.60. The van der Waals surface area contributed by atoms with E-state index >= 15 is 0 Å². The first kappa shape index (κ1) is 17.0. The molecule has 0 saturated heterocycles. The van der Waals surface area contributed by atoms with Crippen LogP contribution in [0.15, 0.2) is 47.4 Å². The van der Waals surface area contributed by atoms with Crippen molar-refractivity contribution in [1.82, 2.24) is 5.32 Å². The summed E-state index contributed by atoms with van der Waals surface area (Å²) in [6, 6.07) is 10.7. The maximum atomic E-state index is 13.1. The van der Waals surface area contributed by atoms with E-state index in [9.17, 15) is 19.3 Å². The number of nitro benzene ring substituents is 1. The van der Waals surface area contributed by atoms with Gasteiger partial charge in [0.2, 0.25) is 0 Å². The highest BCUT2D eigenvalue weighted by Gasteiger charge is 2.23. The van der Waals surface area contributed by atoms with Crippen LogP contribution in [0.1, 0.15) is 15.9 Å². The minimum absolute atomic E-state index is 0.0288. The van der Waals surface area contributed by atoms with Crippen LogP contribution in [0.3, 0.4) is 0 Å². The fourth-order valence-electron chi connectivity index (χ4n) is 2.17. The third-order valence-electron chi connectivity index (χ3n) is 3.23. The molecule has 2 aromatic carbocycles. The lowest BCUT2D eigenvalue weighted by molar-refractivity contribution is -0.388. The smallest absolute Gasteiger partial charge is 0.295 e. The Morgan fingerprint density at radius 3 is 2.70 bits per heavy atom. The summed E-state index contributed by atoms with van der Waals surface area (Å²) < 4.78 is 13.1. The highest BCUT2D eigenvalue weighted by atomic mass is 32.2. The number of rotatable bonds is 6. The molecule has 2 aromatic rings. The van der Waals surface area contributed by atoms with Gasteiger partial charge in [-0.15, -0.1) is 11.8 Å². The van der Waals surface area contributed by atoms with Crippen LogP contribution in [-0.4, -0.2) is 23.6 Å². The maximum absolute atomic E-state index is 13.1. The van der Waals surface area contributed by atoms with Gasteiger partial charge in [-0.3, -0.25) is 14.9 Å². The Hall–Kier alpha value is -2.41. The molecule has 0 spiro atoms. The van der Waals surface area contributed by atoms with Gasteiger partial charge in [-0.05, 0) is 42.5 Å². The highest BCUT2D eigenvalue weighted by Crippen LogP contribution is 2.30. The summed E-state index contributed by atoms with van der Waals surface area (Å²) in [6.07, 6.45) is 2.16. The molecule has 0 aliphatic heterocycles. The predicted octanol–water partition coefficient (Wildman–Crippen LogP) is 3.43. The van der Waals surface area contributed by atoms with Gasteiger partial charge < -0.3 is 5.32 Å². The molecular weight excluding hydrogens is 319 g/mol. The van der Waals surface area contributed by atoms with Crippen molar-refractivity contribution < 1.29 is 14.1 Å². The van der Waals surface area contributed by atoms with Gasteiger partial charge in [-0.2, -0.15) is 0 Å². The number of thioether (sulfide) groups is 1. The zero-order chi connectivity index (χ0) is 16.8. The number of amides is 1. The highest BCUT2D eigenvalue weighted by molar-refractivity contribution is 7.98. The Morgan fingerprint density at radius 1 is 1.30 bits per heavy atom. The van der Waals surface area contributed by atoms with Gasteiger partial charge in [0.15, 0.2) is 0 Å². The molecule has 0 fully saturated rings. The second kappa shape index (κ2) is 7.73. The van der Waals surface area contributed by atoms with Crippen molar-refractivity contribution in [2.75, 3.05) is 12.8 Å². The molecule has 5 nitrogen and oxygen atoms in total. The minimum Gasteiger partial charge on any atom is -0.351 e. The summed E-state index contributed by atoms with van der Waals surface area (Å²) in [5.74, 6) is -0.846. The van der Waals surface area contributed by atoms with E-state index in [1.54, 1.807) is 30.5 Å². The molecule has 0 saturated carbocycles. The summed E-state index contributed by atoms with van der Waals surface area (Å²) in [4.78, 5) is 23.3. The summed E-state index contributed by atoms with van der Waals surface area (Å²) in [7, 11) is 0. The summed E-state index contributed by atoms with van der Waals surface area (Å²) >= 11 is 1.21. The van der Waals surface area contributed by atoms with Crippen molar-refractivity contribution in [3.63, 3.8) is 0 Å². The van der Waals surface area contributed by atoms with Crippen LogP contribution in [0.25, 0.3) is 0 Å². The van der Waals surface area contributed by atoms with Crippen molar-refractivity contribution in [3.05, 3.63) is 69.5 Å². The lowest BCUT2D eigenvalue weighted by Crippen LogP contribution is -2.26. The van der Waals surface area contributed by atoms with Gasteiger partial charge in [0, 0.05) is 6.54 Å². The second-order valence-electron chi connectivity index (χ2n) is 4.75. The van der Waals surface area contributed by atoms with E-state index in [1.807, 2.05) is 0 Å². The van der Waals surface area contributed by atoms with Crippen molar-refractivity contribution in [3.8, 4) is 0 Å². The van der Waals surface area contributed by atoms with Gasteiger partial charge in [-0.25, -0.2) is 4.39 Å². The summed E-state index contributed by atoms with van der Waals surface area (Å²) in [6.45, 7) is 0.267. The van der Waals surface area contributed by atoms with E-state index in [4.69, 9.17) is 0 Å². The monoisotopic (exact) mass is 334 g/mol. The molecule has 0 bridgehead atoms. The molecule has 23 heavy (non-hydrogen) atoms. The zero-order valence-corrected chi connectivity index (χ0v) is 13.2. The van der Waals surface area contributed by atoms with E-state index in [0.717, 1.165) is 5.56 Å². The number of halogens is 1. The largest absolute Gasteiger partial charge is 0.351 e. The van der Waals surface area contributed by atoms with Gasteiger partial charge in [0.25, 0.3) is 11.6 Å². The van der Waals surface area contributed by atoms with Crippen molar-refractivity contribution in [1.29, 1.82) is 0 Å². The average Bonchev–Trinajstić information content (AvgIpc) is 2.53. The minimum atomic E-state index is -0.548. The van der Waals surface area contributed by atoms with E-state index in [2.05, 4.69) is 5.32 Å². The van der Waals surface area contributed by atoms with Crippen LogP contribution in [0.4, 0.5) is 10.1 Å². The third-order valence-corrected chi connectivity index (χ3v) is 4.00. The third kappa shape index (κ3) is 4.29. The number of benzene rings is 2. The Balaban J connectivity index is 2.08. The van der Waals surface area contributed by atoms with E-state index in [1.165, 1.54) is 30.0 Å². The van der Waals surface area contributed by atoms with Crippen LogP contribution >= 0.6 is 11.8 Å². The van der Waals surface area contributed by atoms with Crippen molar-refractivity contribution in [2.45, 2.75) is 11.3 Å². The predicted molar refractivity (Wildman–Crippen MR) is 87.3 cm³/mol. The fourth-order valence-corrected chi connectivity index (χ4v) is 2.76. The molecule has 0 heterocycles. The molecule has 0 unspecified atom stereocenters. The molecular formula is C16H15FN2O3S. The Kier molecular flexibility index (Phi) is 5.70.